The third kappa shape index (κ3) is 2.99. The van der Waals surface area contributed by atoms with Gasteiger partial charge in [-0.05, 0) is 37.6 Å². The number of hydrogen-bond donors (Lipinski definition) is 2. The van der Waals surface area contributed by atoms with Crippen molar-refractivity contribution < 1.29 is 9.66 Å². The summed E-state index contributed by atoms with van der Waals surface area (Å²) in [6.45, 7) is 3.37. The van der Waals surface area contributed by atoms with Crippen molar-refractivity contribution in [2.45, 2.75) is 13.8 Å². The van der Waals surface area contributed by atoms with Crippen LogP contribution in [0.5, 0.6) is 5.75 Å². The molecule has 0 atom stereocenters. The predicted molar refractivity (Wildman–Crippen MR) is 78.8 cm³/mol. The molecular weight excluding hydrogens is 274 g/mol. The highest BCUT2D eigenvalue weighted by Gasteiger charge is 2.22. The number of aryl methyl sites for hydroxylation is 2. The first-order chi connectivity index (χ1) is 9.92. The smallest absolute Gasteiger partial charge is 0.332 e. The largest absolute Gasteiger partial charge is 0.497 e. The summed E-state index contributed by atoms with van der Waals surface area (Å²) in [6.07, 6.45) is 0. The Morgan fingerprint density at radius 3 is 2.62 bits per heavy atom. The first-order valence-electron chi connectivity index (χ1n) is 6.12. The molecule has 0 spiro atoms. The van der Waals surface area contributed by atoms with Crippen LogP contribution in [0.2, 0.25) is 0 Å². The minimum absolute atomic E-state index is 0.0215. The fourth-order valence-corrected chi connectivity index (χ4v) is 1.93. The van der Waals surface area contributed by atoms with Crippen LogP contribution in [-0.4, -0.2) is 22.0 Å². The van der Waals surface area contributed by atoms with Gasteiger partial charge in [0, 0.05) is 5.69 Å². The molecular formula is C13H15N5O3. The number of nitrogens with two attached hydrogens (primary N) is 1. The zero-order valence-electron chi connectivity index (χ0n) is 11.9. The number of anilines is 3. The highest BCUT2D eigenvalue weighted by Crippen LogP contribution is 2.30. The van der Waals surface area contributed by atoms with E-state index < -0.39 is 4.92 Å². The lowest BCUT2D eigenvalue weighted by Gasteiger charge is -2.11. The Labute approximate surface area is 121 Å². The third-order valence-electron chi connectivity index (χ3n) is 2.94. The first kappa shape index (κ1) is 14.5. The Hall–Kier alpha value is -2.90. The van der Waals surface area contributed by atoms with Gasteiger partial charge in [-0.1, -0.05) is 0 Å². The maximum atomic E-state index is 11.2. The maximum Gasteiger partial charge on any atom is 0.332 e. The fourth-order valence-electron chi connectivity index (χ4n) is 1.93. The lowest BCUT2D eigenvalue weighted by molar-refractivity contribution is -0.385. The van der Waals surface area contributed by atoms with Gasteiger partial charge in [0.2, 0.25) is 11.8 Å². The Bertz CT molecular complexity index is 702. The van der Waals surface area contributed by atoms with Gasteiger partial charge >= 0.3 is 5.69 Å². The molecule has 8 nitrogen and oxygen atoms in total. The molecule has 1 aromatic carbocycles. The molecule has 0 aliphatic rings. The van der Waals surface area contributed by atoms with E-state index in [2.05, 4.69) is 15.3 Å². The van der Waals surface area contributed by atoms with Gasteiger partial charge in [0.25, 0.3) is 0 Å². The minimum atomic E-state index is -0.532. The molecule has 1 aromatic heterocycles. The summed E-state index contributed by atoms with van der Waals surface area (Å²) in [6, 6.07) is 5.32. The monoisotopic (exact) mass is 289 g/mol. The Morgan fingerprint density at radius 2 is 2.05 bits per heavy atom. The van der Waals surface area contributed by atoms with Crippen LogP contribution in [0.3, 0.4) is 0 Å². The fraction of sp³-hybridized carbons (Fsp3) is 0.231. The molecule has 0 bridgehead atoms. The minimum Gasteiger partial charge on any atom is -0.497 e. The van der Waals surface area contributed by atoms with Crippen LogP contribution in [0.25, 0.3) is 0 Å². The van der Waals surface area contributed by atoms with E-state index in [1.54, 1.807) is 19.2 Å². The number of rotatable bonds is 4. The Balaban J connectivity index is 2.46. The first-order valence-corrected chi connectivity index (χ1v) is 6.12. The molecule has 0 fully saturated rings. The van der Waals surface area contributed by atoms with E-state index in [9.17, 15) is 10.1 Å². The second-order valence-corrected chi connectivity index (χ2v) is 4.43. The van der Waals surface area contributed by atoms with Gasteiger partial charge in [0.15, 0.2) is 0 Å². The summed E-state index contributed by atoms with van der Waals surface area (Å²) >= 11 is 0. The number of hydrogen-bond acceptors (Lipinski definition) is 7. The summed E-state index contributed by atoms with van der Waals surface area (Å²) < 4.78 is 5.12. The summed E-state index contributed by atoms with van der Waals surface area (Å²) in [7, 11) is 1.57. The van der Waals surface area contributed by atoms with E-state index in [0.717, 1.165) is 5.56 Å². The molecule has 21 heavy (non-hydrogen) atoms. The third-order valence-corrected chi connectivity index (χ3v) is 2.94. The number of methoxy groups -OCH3 is 1. The second-order valence-electron chi connectivity index (χ2n) is 4.43. The van der Waals surface area contributed by atoms with Crippen molar-refractivity contribution in [2.75, 3.05) is 18.2 Å². The average molecular weight is 289 g/mol. The molecule has 0 radical (unpaired) electrons. The molecule has 0 aliphatic heterocycles. The van der Waals surface area contributed by atoms with Gasteiger partial charge in [-0.2, -0.15) is 4.98 Å². The van der Waals surface area contributed by atoms with Crippen molar-refractivity contribution in [3.8, 4) is 5.75 Å². The van der Waals surface area contributed by atoms with E-state index in [0.29, 0.717) is 11.4 Å². The molecule has 2 aromatic rings. The van der Waals surface area contributed by atoms with E-state index in [4.69, 9.17) is 10.5 Å². The lowest BCUT2D eigenvalue weighted by Crippen LogP contribution is -2.07. The van der Waals surface area contributed by atoms with Gasteiger partial charge in [-0.15, -0.1) is 0 Å². The van der Waals surface area contributed by atoms with Crippen LogP contribution < -0.4 is 15.8 Å². The number of nitrogens with zero attached hydrogens (tertiary/aromatic N) is 3. The van der Waals surface area contributed by atoms with Crippen LogP contribution >= 0.6 is 0 Å². The van der Waals surface area contributed by atoms with Gasteiger partial charge in [0.1, 0.15) is 11.4 Å². The SMILES string of the molecule is COc1ccc(Nc2nc(N)nc(C)c2[N+](=O)[O-])c(C)c1. The lowest BCUT2D eigenvalue weighted by atomic mass is 10.2. The van der Waals surface area contributed by atoms with Crippen LogP contribution in [0, 0.1) is 24.0 Å². The Morgan fingerprint density at radius 1 is 1.33 bits per heavy atom. The molecule has 0 saturated carbocycles. The standard InChI is InChI=1S/C13H15N5O3/c1-7-6-9(21-3)4-5-10(7)16-12-11(18(19)20)8(2)15-13(14)17-12/h4-6H,1-3H3,(H3,14,15,16,17). The van der Waals surface area contributed by atoms with E-state index in [-0.39, 0.29) is 23.1 Å². The topological polar surface area (TPSA) is 116 Å². The zero-order valence-corrected chi connectivity index (χ0v) is 11.9. The number of nitrogens with one attached hydrogen (secondary N) is 1. The van der Waals surface area contributed by atoms with Gasteiger partial charge < -0.3 is 15.8 Å². The van der Waals surface area contributed by atoms with Gasteiger partial charge in [-0.3, -0.25) is 10.1 Å². The highest BCUT2D eigenvalue weighted by molar-refractivity contribution is 5.70. The molecule has 1 heterocycles. The van der Waals surface area contributed by atoms with Crippen LogP contribution in [-0.2, 0) is 0 Å². The summed E-state index contributed by atoms with van der Waals surface area (Å²) in [5.41, 5.74) is 7.11. The molecule has 3 N–H and O–H groups in total. The number of benzene rings is 1. The number of nitro groups is 1. The molecule has 110 valence electrons. The van der Waals surface area contributed by atoms with Crippen LogP contribution in [0.15, 0.2) is 18.2 Å². The summed E-state index contributed by atoms with van der Waals surface area (Å²) in [5, 5.41) is 14.1. The van der Waals surface area contributed by atoms with Crippen LogP contribution in [0.4, 0.5) is 23.1 Å². The number of nitrogen functional groups attached to an aromatic ring is 1. The molecule has 0 saturated heterocycles. The zero-order chi connectivity index (χ0) is 15.6. The number of ether oxygens (including phenoxy) is 1. The average Bonchev–Trinajstić information content (AvgIpc) is 2.39. The highest BCUT2D eigenvalue weighted by atomic mass is 16.6. The predicted octanol–water partition coefficient (Wildman–Crippen LogP) is 2.34. The van der Waals surface area contributed by atoms with Crippen molar-refractivity contribution in [3.63, 3.8) is 0 Å². The Kier molecular flexibility index (Phi) is 3.88. The van der Waals surface area contributed by atoms with E-state index in [1.165, 1.54) is 6.92 Å². The van der Waals surface area contributed by atoms with Crippen molar-refractivity contribution >= 4 is 23.1 Å². The van der Waals surface area contributed by atoms with Crippen LogP contribution in [0.1, 0.15) is 11.3 Å². The van der Waals surface area contributed by atoms with Crippen molar-refractivity contribution in [1.29, 1.82) is 0 Å². The number of aromatic nitrogens is 2. The quantitative estimate of drug-likeness (QED) is 0.655. The second kappa shape index (κ2) is 5.61. The van der Waals surface area contributed by atoms with Crippen molar-refractivity contribution in [1.82, 2.24) is 9.97 Å². The molecule has 8 heteroatoms. The summed E-state index contributed by atoms with van der Waals surface area (Å²) in [4.78, 5) is 18.4. The molecule has 2 rings (SSSR count). The normalized spacial score (nSPS) is 10.2. The maximum absolute atomic E-state index is 11.2. The van der Waals surface area contributed by atoms with Crippen molar-refractivity contribution in [2.24, 2.45) is 0 Å². The van der Waals surface area contributed by atoms with Crippen molar-refractivity contribution in [3.05, 3.63) is 39.6 Å². The van der Waals surface area contributed by atoms with E-state index in [1.807, 2.05) is 13.0 Å². The molecule has 0 amide bonds. The molecule has 0 aliphatic carbocycles. The molecule has 0 unspecified atom stereocenters. The summed E-state index contributed by atoms with van der Waals surface area (Å²) in [5.74, 6) is 0.746. The van der Waals surface area contributed by atoms with Gasteiger partial charge in [-0.25, -0.2) is 4.98 Å². The van der Waals surface area contributed by atoms with E-state index >= 15 is 0 Å². The van der Waals surface area contributed by atoms with Gasteiger partial charge in [0.05, 0.1) is 12.0 Å².